The van der Waals surface area contributed by atoms with Gasteiger partial charge in [0.2, 0.25) is 5.91 Å². The second-order valence-corrected chi connectivity index (χ2v) is 7.73. The number of anilines is 2. The SMILES string of the molecule is O=C1NC(=O)C2(CCOc3c(N(C(=O)O)c4ccc([N+](=O)[O-])cc4)cc(F)cc32)S1. The van der Waals surface area contributed by atoms with Crippen LogP contribution in [0.2, 0.25) is 0 Å². The van der Waals surface area contributed by atoms with Crippen LogP contribution in [0.3, 0.4) is 0 Å². The molecule has 1 saturated heterocycles. The molecular weight excluding hydrogens is 421 g/mol. The number of non-ortho nitro benzene ring substituents is 1. The van der Waals surface area contributed by atoms with Crippen molar-refractivity contribution >= 4 is 46.1 Å². The van der Waals surface area contributed by atoms with Crippen molar-refractivity contribution in [2.24, 2.45) is 0 Å². The van der Waals surface area contributed by atoms with E-state index in [0.717, 1.165) is 24.3 Å². The zero-order chi connectivity index (χ0) is 21.6. The maximum atomic E-state index is 14.5. The second kappa shape index (κ2) is 6.99. The van der Waals surface area contributed by atoms with Crippen molar-refractivity contribution in [3.63, 3.8) is 0 Å². The number of imide groups is 1. The summed E-state index contributed by atoms with van der Waals surface area (Å²) in [5.41, 5.74) is -0.412. The number of benzene rings is 2. The Labute approximate surface area is 171 Å². The maximum absolute atomic E-state index is 14.5. The number of nitro groups is 1. The quantitative estimate of drug-likeness (QED) is 0.554. The first-order valence-corrected chi connectivity index (χ1v) is 9.33. The van der Waals surface area contributed by atoms with Crippen molar-refractivity contribution in [2.75, 3.05) is 11.5 Å². The molecule has 10 nitrogen and oxygen atoms in total. The summed E-state index contributed by atoms with van der Waals surface area (Å²) in [5, 5.41) is 22.2. The molecule has 1 atom stereocenters. The van der Waals surface area contributed by atoms with Crippen LogP contribution in [0.15, 0.2) is 36.4 Å². The number of carbonyl (C=O) groups is 3. The monoisotopic (exact) mass is 433 g/mol. The average molecular weight is 433 g/mol. The first-order valence-electron chi connectivity index (χ1n) is 8.52. The molecule has 2 aromatic rings. The van der Waals surface area contributed by atoms with E-state index in [1.165, 1.54) is 12.1 Å². The van der Waals surface area contributed by atoms with Gasteiger partial charge in [-0.2, -0.15) is 0 Å². The van der Waals surface area contributed by atoms with Crippen LogP contribution >= 0.6 is 11.8 Å². The normalized spacial score (nSPS) is 19.8. The molecule has 2 N–H and O–H groups in total. The Balaban J connectivity index is 1.89. The summed E-state index contributed by atoms with van der Waals surface area (Å²) < 4.78 is 18.7. The van der Waals surface area contributed by atoms with Crippen molar-refractivity contribution in [3.05, 3.63) is 57.9 Å². The van der Waals surface area contributed by atoms with Gasteiger partial charge in [-0.25, -0.2) is 14.1 Å². The number of carboxylic acid groups (broad SMARTS) is 1. The van der Waals surface area contributed by atoms with Gasteiger partial charge in [0.25, 0.3) is 10.9 Å². The van der Waals surface area contributed by atoms with Crippen molar-refractivity contribution < 1.29 is 33.5 Å². The molecule has 1 spiro atoms. The Morgan fingerprint density at radius 2 is 2.00 bits per heavy atom. The second-order valence-electron chi connectivity index (χ2n) is 6.46. The molecule has 0 bridgehead atoms. The standard InChI is InChI=1S/C18H12FN3O7S/c19-9-7-12-14(29-6-5-18(12)15(23)20-16(24)30-18)13(8-9)21(17(25)26)10-1-3-11(4-2-10)22(27)28/h1-4,7-8H,5-6H2,(H,25,26)(H,20,23,24). The molecule has 1 fully saturated rings. The molecule has 4 rings (SSSR count). The van der Waals surface area contributed by atoms with Crippen LogP contribution in [-0.2, 0) is 9.54 Å². The van der Waals surface area contributed by atoms with Crippen molar-refractivity contribution in [3.8, 4) is 5.75 Å². The molecule has 0 aliphatic carbocycles. The molecule has 154 valence electrons. The molecule has 2 heterocycles. The lowest BCUT2D eigenvalue weighted by molar-refractivity contribution is -0.384. The van der Waals surface area contributed by atoms with Crippen molar-refractivity contribution in [1.29, 1.82) is 0 Å². The lowest BCUT2D eigenvalue weighted by atomic mass is 9.90. The molecule has 2 aliphatic heterocycles. The number of hydrogen-bond donors (Lipinski definition) is 2. The number of halogens is 1. The minimum absolute atomic E-state index is 0.00345. The van der Waals surface area contributed by atoms with Gasteiger partial charge in [-0.1, -0.05) is 0 Å². The van der Waals surface area contributed by atoms with Gasteiger partial charge in [0.05, 0.1) is 22.9 Å². The Bertz CT molecular complexity index is 1110. The molecule has 30 heavy (non-hydrogen) atoms. The van der Waals surface area contributed by atoms with Gasteiger partial charge in [-0.15, -0.1) is 0 Å². The number of fused-ring (bicyclic) bond motifs is 2. The van der Waals surface area contributed by atoms with E-state index in [9.17, 15) is 34.0 Å². The summed E-state index contributed by atoms with van der Waals surface area (Å²) in [6.45, 7) is -0.00689. The number of rotatable bonds is 3. The molecule has 3 amide bonds. The number of hydrogen-bond acceptors (Lipinski definition) is 7. The molecule has 1 unspecified atom stereocenters. The van der Waals surface area contributed by atoms with Gasteiger partial charge in [0, 0.05) is 30.2 Å². The topological polar surface area (TPSA) is 139 Å². The van der Waals surface area contributed by atoms with E-state index in [2.05, 4.69) is 5.32 Å². The molecule has 2 aromatic carbocycles. The third-order valence-corrected chi connectivity index (χ3v) is 6.02. The lowest BCUT2D eigenvalue weighted by Gasteiger charge is -2.34. The maximum Gasteiger partial charge on any atom is 0.416 e. The summed E-state index contributed by atoms with van der Waals surface area (Å²) in [4.78, 5) is 47.2. The zero-order valence-electron chi connectivity index (χ0n) is 15.0. The third-order valence-electron chi connectivity index (χ3n) is 4.77. The van der Waals surface area contributed by atoms with Crippen molar-refractivity contribution in [1.82, 2.24) is 5.32 Å². The van der Waals surface area contributed by atoms with E-state index in [1.807, 2.05) is 0 Å². The van der Waals surface area contributed by atoms with Crippen molar-refractivity contribution in [2.45, 2.75) is 11.2 Å². The number of ether oxygens (including phenoxy) is 1. The van der Waals surface area contributed by atoms with Crippen LogP contribution in [0.25, 0.3) is 0 Å². The smallest absolute Gasteiger partial charge is 0.416 e. The van der Waals surface area contributed by atoms with Gasteiger partial charge in [-0.3, -0.25) is 25.0 Å². The third kappa shape index (κ3) is 3.01. The number of carbonyl (C=O) groups excluding carboxylic acids is 2. The number of nitrogens with one attached hydrogen (secondary N) is 1. The van der Waals surface area contributed by atoms with Gasteiger partial charge in [0.1, 0.15) is 16.3 Å². The molecule has 0 saturated carbocycles. The Morgan fingerprint density at radius 3 is 2.57 bits per heavy atom. The Kier molecular flexibility index (Phi) is 4.57. The predicted molar refractivity (Wildman–Crippen MR) is 103 cm³/mol. The van der Waals surface area contributed by atoms with Crippen LogP contribution in [0.1, 0.15) is 12.0 Å². The summed E-state index contributed by atoms with van der Waals surface area (Å²) in [6.07, 6.45) is -1.41. The lowest BCUT2D eigenvalue weighted by Crippen LogP contribution is -2.39. The van der Waals surface area contributed by atoms with E-state index < -0.39 is 32.7 Å². The van der Waals surface area contributed by atoms with E-state index in [0.29, 0.717) is 16.7 Å². The minimum atomic E-state index is -1.50. The Morgan fingerprint density at radius 1 is 1.30 bits per heavy atom. The van der Waals surface area contributed by atoms with Gasteiger partial charge in [-0.05, 0) is 30.0 Å². The average Bonchev–Trinajstić information content (AvgIpc) is 2.96. The van der Waals surface area contributed by atoms with E-state index >= 15 is 0 Å². The Hall–Kier alpha value is -3.67. The first kappa shape index (κ1) is 19.6. The molecule has 0 radical (unpaired) electrons. The van der Waals surface area contributed by atoms with E-state index in [4.69, 9.17) is 4.74 Å². The molecular formula is C18H12FN3O7S. The predicted octanol–water partition coefficient (Wildman–Crippen LogP) is 3.51. The van der Waals surface area contributed by atoms with E-state index in [-0.39, 0.29) is 41.4 Å². The fourth-order valence-corrected chi connectivity index (χ4v) is 4.52. The number of amides is 3. The summed E-state index contributed by atoms with van der Waals surface area (Å²) >= 11 is 0.691. The van der Waals surface area contributed by atoms with Gasteiger partial charge in [0.15, 0.2) is 0 Å². The number of nitrogens with zero attached hydrogens (tertiary/aromatic N) is 2. The van der Waals surface area contributed by atoms with Gasteiger partial charge >= 0.3 is 6.09 Å². The summed E-state index contributed by atoms with van der Waals surface area (Å²) in [6, 6.07) is 6.58. The molecule has 0 aromatic heterocycles. The minimum Gasteiger partial charge on any atom is -0.491 e. The van der Waals surface area contributed by atoms with Crippen LogP contribution in [0, 0.1) is 15.9 Å². The fourth-order valence-electron chi connectivity index (χ4n) is 3.47. The van der Waals surface area contributed by atoms with Crippen LogP contribution in [0.5, 0.6) is 5.75 Å². The molecule has 2 aliphatic rings. The summed E-state index contributed by atoms with van der Waals surface area (Å²) in [5.74, 6) is -1.52. The van der Waals surface area contributed by atoms with Gasteiger partial charge < -0.3 is 9.84 Å². The van der Waals surface area contributed by atoms with Crippen LogP contribution in [-0.4, -0.2) is 33.9 Å². The molecule has 12 heteroatoms. The highest BCUT2D eigenvalue weighted by Gasteiger charge is 2.53. The highest BCUT2D eigenvalue weighted by molar-refractivity contribution is 8.15. The number of nitro benzene ring substituents is 1. The summed E-state index contributed by atoms with van der Waals surface area (Å²) in [7, 11) is 0. The highest BCUT2D eigenvalue weighted by atomic mass is 32.2. The highest BCUT2D eigenvalue weighted by Crippen LogP contribution is 2.53. The first-order chi connectivity index (χ1) is 14.2. The fraction of sp³-hybridized carbons (Fsp3) is 0.167. The van der Waals surface area contributed by atoms with E-state index in [1.54, 1.807) is 0 Å². The van der Waals surface area contributed by atoms with Crippen LogP contribution in [0.4, 0.5) is 31.0 Å². The number of thioether (sulfide) groups is 1. The van der Waals surface area contributed by atoms with Crippen LogP contribution < -0.4 is 15.0 Å². The zero-order valence-corrected chi connectivity index (χ0v) is 15.8. The largest absolute Gasteiger partial charge is 0.491 e.